The van der Waals surface area contributed by atoms with Crippen molar-refractivity contribution in [3.8, 4) is 0 Å². The fourth-order valence-electron chi connectivity index (χ4n) is 2.13. The first-order valence-electron chi connectivity index (χ1n) is 5.87. The molecule has 0 radical (unpaired) electrons. The second kappa shape index (κ2) is 4.96. The quantitative estimate of drug-likeness (QED) is 0.836. The lowest BCUT2D eigenvalue weighted by atomic mass is 10.1. The number of hydrogen-bond donors (Lipinski definition) is 2. The van der Waals surface area contributed by atoms with Gasteiger partial charge in [-0.25, -0.2) is 4.39 Å². The van der Waals surface area contributed by atoms with Gasteiger partial charge in [-0.2, -0.15) is 0 Å². The normalized spacial score (nSPS) is 17.1. The Morgan fingerprint density at radius 3 is 2.60 bits per heavy atom. The number of benzene rings is 2. The number of carbonyl (C=O) groups is 1. The van der Waals surface area contributed by atoms with E-state index in [4.69, 9.17) is 23.2 Å². The summed E-state index contributed by atoms with van der Waals surface area (Å²) in [7, 11) is 0. The summed E-state index contributed by atoms with van der Waals surface area (Å²) in [6, 6.07) is 9.50. The van der Waals surface area contributed by atoms with E-state index in [1.165, 1.54) is 6.07 Å². The summed E-state index contributed by atoms with van der Waals surface area (Å²) in [5.74, 6) is -1.02. The Morgan fingerprint density at radius 2 is 1.85 bits per heavy atom. The molecule has 2 N–H and O–H groups in total. The lowest BCUT2D eigenvalue weighted by molar-refractivity contribution is 0.0931. The fourth-order valence-corrected chi connectivity index (χ4v) is 2.44. The Kier molecular flexibility index (Phi) is 3.28. The molecule has 1 heterocycles. The van der Waals surface area contributed by atoms with Crippen LogP contribution in [0.4, 0.5) is 10.1 Å². The number of halogens is 3. The third-order valence-corrected chi connectivity index (χ3v) is 3.83. The maximum absolute atomic E-state index is 13.6. The van der Waals surface area contributed by atoms with E-state index < -0.39 is 17.9 Å². The zero-order chi connectivity index (χ0) is 14.3. The van der Waals surface area contributed by atoms with Crippen LogP contribution in [0.5, 0.6) is 0 Å². The first-order valence-corrected chi connectivity index (χ1v) is 6.63. The summed E-state index contributed by atoms with van der Waals surface area (Å²) < 4.78 is 13.6. The number of rotatable bonds is 1. The highest BCUT2D eigenvalue weighted by Gasteiger charge is 2.27. The molecular weight excluding hydrogens is 302 g/mol. The third kappa shape index (κ3) is 2.21. The Balaban J connectivity index is 1.99. The molecule has 102 valence electrons. The van der Waals surface area contributed by atoms with E-state index in [-0.39, 0.29) is 5.56 Å². The van der Waals surface area contributed by atoms with Crippen molar-refractivity contribution in [3.63, 3.8) is 0 Å². The predicted octanol–water partition coefficient (Wildman–Crippen LogP) is 3.99. The Labute approximate surface area is 124 Å². The van der Waals surface area contributed by atoms with Gasteiger partial charge in [0.05, 0.1) is 21.3 Å². The number of fused-ring (bicyclic) bond motifs is 1. The van der Waals surface area contributed by atoms with E-state index >= 15 is 0 Å². The first kappa shape index (κ1) is 13.2. The molecule has 0 fully saturated rings. The summed E-state index contributed by atoms with van der Waals surface area (Å²) >= 11 is 11.8. The largest absolute Gasteiger partial charge is 0.361 e. The standard InChI is InChI=1S/C14H9Cl2FN2O/c15-8-5-4-7(6-9(8)16)13-18-11-3-1-2-10(17)12(11)14(20)19-13/h1-6,13,18H,(H,19,20). The highest BCUT2D eigenvalue weighted by molar-refractivity contribution is 6.42. The molecule has 1 aliphatic heterocycles. The van der Waals surface area contributed by atoms with Crippen LogP contribution in [0.25, 0.3) is 0 Å². The number of nitrogens with one attached hydrogen (secondary N) is 2. The van der Waals surface area contributed by atoms with Crippen molar-refractivity contribution < 1.29 is 9.18 Å². The molecule has 1 aliphatic rings. The molecule has 2 aromatic rings. The Bertz CT molecular complexity index is 706. The maximum Gasteiger partial charge on any atom is 0.258 e. The molecule has 0 aromatic heterocycles. The van der Waals surface area contributed by atoms with Crippen molar-refractivity contribution >= 4 is 34.8 Å². The van der Waals surface area contributed by atoms with Crippen LogP contribution in [0.2, 0.25) is 10.0 Å². The van der Waals surface area contributed by atoms with Gasteiger partial charge < -0.3 is 10.6 Å². The molecule has 0 spiro atoms. The van der Waals surface area contributed by atoms with Crippen molar-refractivity contribution in [1.29, 1.82) is 0 Å². The number of amides is 1. The Morgan fingerprint density at radius 1 is 1.05 bits per heavy atom. The molecule has 0 saturated carbocycles. The summed E-state index contributed by atoms with van der Waals surface area (Å²) in [5, 5.41) is 6.57. The minimum absolute atomic E-state index is 0.0174. The highest BCUT2D eigenvalue weighted by Crippen LogP contribution is 2.31. The molecule has 0 bridgehead atoms. The minimum Gasteiger partial charge on any atom is -0.361 e. The summed E-state index contributed by atoms with van der Waals surface area (Å²) in [4.78, 5) is 12.0. The van der Waals surface area contributed by atoms with E-state index in [0.717, 1.165) is 5.56 Å². The van der Waals surface area contributed by atoms with Gasteiger partial charge in [-0.3, -0.25) is 4.79 Å². The molecule has 3 rings (SSSR count). The molecule has 1 unspecified atom stereocenters. The number of hydrogen-bond acceptors (Lipinski definition) is 2. The molecule has 1 amide bonds. The SMILES string of the molecule is O=C1NC(c2ccc(Cl)c(Cl)c2)Nc2cccc(F)c21. The van der Waals surface area contributed by atoms with Gasteiger partial charge in [-0.1, -0.05) is 35.3 Å². The van der Waals surface area contributed by atoms with Crippen molar-refractivity contribution in [3.05, 3.63) is 63.4 Å². The van der Waals surface area contributed by atoms with Crippen LogP contribution in [0.1, 0.15) is 22.1 Å². The van der Waals surface area contributed by atoms with E-state index in [9.17, 15) is 9.18 Å². The smallest absolute Gasteiger partial charge is 0.258 e. The lowest BCUT2D eigenvalue weighted by Gasteiger charge is -2.28. The van der Waals surface area contributed by atoms with Gasteiger partial charge >= 0.3 is 0 Å². The van der Waals surface area contributed by atoms with E-state index in [0.29, 0.717) is 15.7 Å². The van der Waals surface area contributed by atoms with Crippen LogP contribution in [0.3, 0.4) is 0 Å². The average Bonchev–Trinajstić information content (AvgIpc) is 2.41. The summed E-state index contributed by atoms with van der Waals surface area (Å²) in [5.41, 5.74) is 1.20. The van der Waals surface area contributed by atoms with E-state index in [1.54, 1.807) is 30.3 Å². The van der Waals surface area contributed by atoms with Crippen LogP contribution in [0, 0.1) is 5.82 Å². The summed E-state index contributed by atoms with van der Waals surface area (Å²) in [6.45, 7) is 0. The van der Waals surface area contributed by atoms with Crippen molar-refractivity contribution in [2.75, 3.05) is 5.32 Å². The predicted molar refractivity (Wildman–Crippen MR) is 76.7 cm³/mol. The monoisotopic (exact) mass is 310 g/mol. The molecule has 0 aliphatic carbocycles. The van der Waals surface area contributed by atoms with Crippen LogP contribution in [-0.2, 0) is 0 Å². The van der Waals surface area contributed by atoms with Crippen LogP contribution >= 0.6 is 23.2 Å². The zero-order valence-corrected chi connectivity index (χ0v) is 11.6. The van der Waals surface area contributed by atoms with Crippen molar-refractivity contribution in [2.45, 2.75) is 6.17 Å². The topological polar surface area (TPSA) is 41.1 Å². The first-order chi connectivity index (χ1) is 9.56. The van der Waals surface area contributed by atoms with Gasteiger partial charge in [0.1, 0.15) is 12.0 Å². The highest BCUT2D eigenvalue weighted by atomic mass is 35.5. The van der Waals surface area contributed by atoms with Gasteiger partial charge in [-0.15, -0.1) is 0 Å². The molecule has 3 nitrogen and oxygen atoms in total. The third-order valence-electron chi connectivity index (χ3n) is 3.09. The van der Waals surface area contributed by atoms with E-state index in [1.807, 2.05) is 0 Å². The summed E-state index contributed by atoms with van der Waals surface area (Å²) in [6.07, 6.45) is -0.480. The molecule has 6 heteroatoms. The maximum atomic E-state index is 13.6. The zero-order valence-electron chi connectivity index (χ0n) is 10.1. The second-order valence-corrected chi connectivity index (χ2v) is 5.20. The molecule has 2 aromatic carbocycles. The van der Waals surface area contributed by atoms with Crippen LogP contribution in [0.15, 0.2) is 36.4 Å². The van der Waals surface area contributed by atoms with Gasteiger partial charge in [0.2, 0.25) is 0 Å². The molecule has 0 saturated heterocycles. The second-order valence-electron chi connectivity index (χ2n) is 4.39. The number of anilines is 1. The molecule has 1 atom stereocenters. The van der Waals surface area contributed by atoms with Crippen molar-refractivity contribution in [2.24, 2.45) is 0 Å². The van der Waals surface area contributed by atoms with E-state index in [2.05, 4.69) is 10.6 Å². The Hall–Kier alpha value is -1.78. The fraction of sp³-hybridized carbons (Fsp3) is 0.0714. The molecular formula is C14H9Cl2FN2O. The molecule has 20 heavy (non-hydrogen) atoms. The lowest BCUT2D eigenvalue weighted by Crippen LogP contribution is -2.39. The number of carbonyl (C=O) groups excluding carboxylic acids is 1. The average molecular weight is 311 g/mol. The minimum atomic E-state index is -0.555. The van der Waals surface area contributed by atoms with Gasteiger partial charge in [-0.05, 0) is 29.8 Å². The van der Waals surface area contributed by atoms with Crippen LogP contribution < -0.4 is 10.6 Å². The van der Waals surface area contributed by atoms with Gasteiger partial charge in [0.25, 0.3) is 5.91 Å². The van der Waals surface area contributed by atoms with Gasteiger partial charge in [0.15, 0.2) is 0 Å². The van der Waals surface area contributed by atoms with Crippen molar-refractivity contribution in [1.82, 2.24) is 5.32 Å². The van der Waals surface area contributed by atoms with Gasteiger partial charge in [0, 0.05) is 0 Å². The van der Waals surface area contributed by atoms with Crippen LogP contribution in [-0.4, -0.2) is 5.91 Å².